The number of fused-ring (bicyclic) bond motifs is 1. The van der Waals surface area contributed by atoms with E-state index in [4.69, 9.17) is 0 Å². The Kier molecular flexibility index (Phi) is 4.83. The molecule has 0 fully saturated rings. The van der Waals surface area contributed by atoms with Gasteiger partial charge < -0.3 is 9.67 Å². The number of hydrogen-bond donors (Lipinski definition) is 1. The molecule has 1 aromatic heterocycles. The van der Waals surface area contributed by atoms with Gasteiger partial charge in [0.2, 0.25) is 0 Å². The molecular weight excluding hydrogens is 388 g/mol. The first-order valence-electron chi connectivity index (χ1n) is 7.46. The number of benzene rings is 2. The van der Waals surface area contributed by atoms with Crippen molar-refractivity contribution in [2.45, 2.75) is 13.0 Å². The van der Waals surface area contributed by atoms with Crippen LogP contribution in [0.2, 0.25) is 0 Å². The SMILES string of the molecule is CC(C(=O)O)n1/c(=N/C(=O)c2ccc(F)c(F)c2)sc2cc(F)c(F)cc21. The Balaban J connectivity index is 2.24. The molecule has 1 N–H and O–H groups in total. The van der Waals surface area contributed by atoms with Gasteiger partial charge in [-0.1, -0.05) is 11.3 Å². The number of amides is 1. The Hall–Kier alpha value is -3.01. The van der Waals surface area contributed by atoms with Crippen molar-refractivity contribution < 1.29 is 32.3 Å². The van der Waals surface area contributed by atoms with Crippen LogP contribution in [-0.4, -0.2) is 21.6 Å². The van der Waals surface area contributed by atoms with E-state index in [0.29, 0.717) is 6.07 Å². The molecule has 5 nitrogen and oxygen atoms in total. The fraction of sp³-hybridized carbons (Fsp3) is 0.118. The Labute approximate surface area is 152 Å². The molecule has 0 bridgehead atoms. The second-order valence-corrected chi connectivity index (χ2v) is 6.56. The summed E-state index contributed by atoms with van der Waals surface area (Å²) in [4.78, 5) is 27.2. The van der Waals surface area contributed by atoms with Crippen LogP contribution in [-0.2, 0) is 4.79 Å². The zero-order chi connectivity index (χ0) is 19.9. The van der Waals surface area contributed by atoms with Gasteiger partial charge in [0.25, 0.3) is 5.91 Å². The molecule has 140 valence electrons. The summed E-state index contributed by atoms with van der Waals surface area (Å²) in [7, 11) is 0. The molecule has 0 aliphatic heterocycles. The average Bonchev–Trinajstić information content (AvgIpc) is 2.93. The van der Waals surface area contributed by atoms with Crippen LogP contribution in [0.1, 0.15) is 23.3 Å². The molecule has 0 aliphatic rings. The van der Waals surface area contributed by atoms with Gasteiger partial charge in [-0.3, -0.25) is 4.79 Å². The summed E-state index contributed by atoms with van der Waals surface area (Å²) in [5, 5.41) is 9.28. The van der Waals surface area contributed by atoms with E-state index >= 15 is 0 Å². The van der Waals surface area contributed by atoms with Crippen molar-refractivity contribution in [1.82, 2.24) is 4.57 Å². The van der Waals surface area contributed by atoms with Gasteiger partial charge in [0.1, 0.15) is 6.04 Å². The molecule has 0 saturated heterocycles. The number of thiazole rings is 1. The fourth-order valence-corrected chi connectivity index (χ4v) is 3.48. The highest BCUT2D eigenvalue weighted by Gasteiger charge is 2.21. The monoisotopic (exact) mass is 398 g/mol. The van der Waals surface area contributed by atoms with Crippen molar-refractivity contribution in [2.24, 2.45) is 4.99 Å². The number of nitrogens with zero attached hydrogens (tertiary/aromatic N) is 2. The average molecular weight is 398 g/mol. The Morgan fingerprint density at radius 1 is 1.04 bits per heavy atom. The third-order valence-electron chi connectivity index (χ3n) is 3.78. The fourth-order valence-electron chi connectivity index (χ4n) is 2.38. The molecule has 10 heteroatoms. The third kappa shape index (κ3) is 3.47. The minimum absolute atomic E-state index is 0.0330. The quantitative estimate of drug-likeness (QED) is 0.685. The van der Waals surface area contributed by atoms with Crippen LogP contribution in [0.4, 0.5) is 17.6 Å². The van der Waals surface area contributed by atoms with Crippen LogP contribution < -0.4 is 4.80 Å². The number of carbonyl (C=O) groups is 2. The summed E-state index contributed by atoms with van der Waals surface area (Å²) in [5.41, 5.74) is -0.233. The lowest BCUT2D eigenvalue weighted by atomic mass is 10.2. The van der Waals surface area contributed by atoms with Crippen LogP contribution in [0.5, 0.6) is 0 Å². The molecule has 0 aliphatic carbocycles. The largest absolute Gasteiger partial charge is 0.480 e. The van der Waals surface area contributed by atoms with E-state index in [-0.39, 0.29) is 20.6 Å². The second-order valence-electron chi connectivity index (χ2n) is 5.55. The molecule has 1 heterocycles. The molecular formula is C17H10F4N2O3S. The maximum absolute atomic E-state index is 13.6. The number of carbonyl (C=O) groups excluding carboxylic acids is 1. The first kappa shape index (κ1) is 18.8. The first-order chi connectivity index (χ1) is 12.7. The van der Waals surface area contributed by atoms with Gasteiger partial charge in [-0.2, -0.15) is 4.99 Å². The van der Waals surface area contributed by atoms with Gasteiger partial charge >= 0.3 is 5.97 Å². The standard InChI is InChI=1S/C17H10F4N2O3S/c1-7(16(25)26)23-13-5-11(20)12(21)6-14(13)27-17(23)22-15(24)8-2-3-9(18)10(19)4-8/h2-7H,1H3,(H,25,26)/b22-17-. The summed E-state index contributed by atoms with van der Waals surface area (Å²) in [6, 6.07) is 2.84. The molecule has 0 radical (unpaired) electrons. The van der Waals surface area contributed by atoms with Crippen molar-refractivity contribution in [1.29, 1.82) is 0 Å². The minimum Gasteiger partial charge on any atom is -0.480 e. The third-order valence-corrected chi connectivity index (χ3v) is 4.79. The van der Waals surface area contributed by atoms with E-state index < -0.39 is 41.2 Å². The maximum atomic E-state index is 13.6. The smallest absolute Gasteiger partial charge is 0.326 e. The van der Waals surface area contributed by atoms with Crippen LogP contribution in [0.3, 0.4) is 0 Å². The van der Waals surface area contributed by atoms with Gasteiger partial charge in [-0.05, 0) is 31.2 Å². The molecule has 27 heavy (non-hydrogen) atoms. The van der Waals surface area contributed by atoms with Crippen molar-refractivity contribution in [3.05, 3.63) is 64.0 Å². The van der Waals surface area contributed by atoms with E-state index in [9.17, 15) is 32.3 Å². The lowest BCUT2D eigenvalue weighted by Crippen LogP contribution is -2.25. The molecule has 3 aromatic rings. The summed E-state index contributed by atoms with van der Waals surface area (Å²) < 4.78 is 54.6. The van der Waals surface area contributed by atoms with Crippen molar-refractivity contribution in [3.8, 4) is 0 Å². The predicted octanol–water partition coefficient (Wildman–Crippen LogP) is 3.65. The molecule has 0 saturated carbocycles. The van der Waals surface area contributed by atoms with E-state index in [2.05, 4.69) is 4.99 Å². The van der Waals surface area contributed by atoms with E-state index in [1.165, 1.54) is 6.92 Å². The van der Waals surface area contributed by atoms with Crippen molar-refractivity contribution in [2.75, 3.05) is 0 Å². The van der Waals surface area contributed by atoms with Gasteiger partial charge in [0.05, 0.1) is 10.2 Å². The number of rotatable bonds is 3. The first-order valence-corrected chi connectivity index (χ1v) is 8.27. The summed E-state index contributed by atoms with van der Waals surface area (Å²) in [5.74, 6) is -6.98. The normalized spacial score (nSPS) is 13.1. The Bertz CT molecular complexity index is 1150. The van der Waals surface area contributed by atoms with Crippen molar-refractivity contribution >= 4 is 33.4 Å². The number of carboxylic acids is 1. The number of hydrogen-bond acceptors (Lipinski definition) is 3. The molecule has 0 spiro atoms. The molecule has 2 aromatic carbocycles. The minimum atomic E-state index is -1.29. The lowest BCUT2D eigenvalue weighted by molar-refractivity contribution is -0.140. The molecule has 3 rings (SSSR count). The highest BCUT2D eigenvalue weighted by molar-refractivity contribution is 7.16. The van der Waals surface area contributed by atoms with E-state index in [1.807, 2.05) is 0 Å². The number of halogens is 4. The van der Waals surface area contributed by atoms with E-state index in [1.54, 1.807) is 0 Å². The van der Waals surface area contributed by atoms with Gasteiger partial charge in [0, 0.05) is 11.6 Å². The lowest BCUT2D eigenvalue weighted by Gasteiger charge is -2.10. The van der Waals surface area contributed by atoms with Gasteiger partial charge in [0.15, 0.2) is 28.1 Å². The number of aromatic nitrogens is 1. The summed E-state index contributed by atoms with van der Waals surface area (Å²) in [6.07, 6.45) is 0. The number of carboxylic acid groups (broad SMARTS) is 1. The number of aliphatic carboxylic acids is 1. The van der Waals surface area contributed by atoms with E-state index in [0.717, 1.165) is 40.2 Å². The van der Waals surface area contributed by atoms with Crippen molar-refractivity contribution in [3.63, 3.8) is 0 Å². The van der Waals surface area contributed by atoms with Gasteiger partial charge in [-0.15, -0.1) is 0 Å². The molecule has 1 unspecified atom stereocenters. The zero-order valence-electron chi connectivity index (χ0n) is 13.5. The van der Waals surface area contributed by atoms with Crippen LogP contribution in [0.15, 0.2) is 35.3 Å². The predicted molar refractivity (Wildman–Crippen MR) is 88.3 cm³/mol. The Morgan fingerprint density at radius 3 is 2.30 bits per heavy atom. The topological polar surface area (TPSA) is 71.7 Å². The maximum Gasteiger partial charge on any atom is 0.326 e. The molecule has 1 amide bonds. The van der Waals surface area contributed by atoms with Crippen LogP contribution in [0, 0.1) is 23.3 Å². The zero-order valence-corrected chi connectivity index (χ0v) is 14.4. The van der Waals surface area contributed by atoms with Crippen LogP contribution >= 0.6 is 11.3 Å². The highest BCUT2D eigenvalue weighted by atomic mass is 32.1. The van der Waals surface area contributed by atoms with Gasteiger partial charge in [-0.25, -0.2) is 22.4 Å². The summed E-state index contributed by atoms with van der Waals surface area (Å²) >= 11 is 0.760. The molecule has 1 atom stereocenters. The summed E-state index contributed by atoms with van der Waals surface area (Å²) in [6.45, 7) is 1.27. The van der Waals surface area contributed by atoms with Crippen LogP contribution in [0.25, 0.3) is 10.2 Å². The Morgan fingerprint density at radius 2 is 1.67 bits per heavy atom. The highest BCUT2D eigenvalue weighted by Crippen LogP contribution is 2.24. The second kappa shape index (κ2) is 6.95.